The summed E-state index contributed by atoms with van der Waals surface area (Å²) in [7, 11) is -3.89. The molecule has 0 radical (unpaired) electrons. The maximum atomic E-state index is 13.3. The quantitative estimate of drug-likeness (QED) is 0.825. The molecule has 0 atom stereocenters. The molecular formula is C15H17F2N3O2S2. The third kappa shape index (κ3) is 3.80. The Morgan fingerprint density at radius 1 is 1.12 bits per heavy atom. The van der Waals surface area contributed by atoms with Gasteiger partial charge in [0.15, 0.2) is 0 Å². The van der Waals surface area contributed by atoms with Gasteiger partial charge in [-0.05, 0) is 19.1 Å². The third-order valence-electron chi connectivity index (χ3n) is 3.86. The van der Waals surface area contributed by atoms with E-state index in [9.17, 15) is 17.2 Å². The van der Waals surface area contributed by atoms with Crippen LogP contribution < -0.4 is 0 Å². The van der Waals surface area contributed by atoms with Gasteiger partial charge >= 0.3 is 0 Å². The van der Waals surface area contributed by atoms with Crippen LogP contribution in [-0.2, 0) is 16.6 Å². The van der Waals surface area contributed by atoms with Crippen LogP contribution in [0.5, 0.6) is 0 Å². The predicted molar refractivity (Wildman–Crippen MR) is 87.2 cm³/mol. The minimum absolute atomic E-state index is 0.281. The molecule has 2 heterocycles. The van der Waals surface area contributed by atoms with Gasteiger partial charge in [0.1, 0.15) is 11.6 Å². The van der Waals surface area contributed by atoms with E-state index in [1.54, 1.807) is 11.3 Å². The van der Waals surface area contributed by atoms with Crippen molar-refractivity contribution < 1.29 is 17.2 Å². The van der Waals surface area contributed by atoms with Gasteiger partial charge < -0.3 is 0 Å². The first-order chi connectivity index (χ1) is 11.3. The van der Waals surface area contributed by atoms with Crippen molar-refractivity contribution in [2.75, 3.05) is 26.2 Å². The molecule has 0 aliphatic carbocycles. The molecule has 0 saturated carbocycles. The fourth-order valence-corrected chi connectivity index (χ4v) is 4.73. The summed E-state index contributed by atoms with van der Waals surface area (Å²) in [6.45, 7) is 4.28. The lowest BCUT2D eigenvalue weighted by atomic mass is 10.3. The van der Waals surface area contributed by atoms with E-state index in [4.69, 9.17) is 0 Å². The van der Waals surface area contributed by atoms with Crippen LogP contribution in [-0.4, -0.2) is 48.8 Å². The van der Waals surface area contributed by atoms with Crippen molar-refractivity contribution in [3.63, 3.8) is 0 Å². The largest absolute Gasteiger partial charge is 0.295 e. The Labute approximate surface area is 143 Å². The lowest BCUT2D eigenvalue weighted by Crippen LogP contribution is -2.48. The first-order valence-electron chi connectivity index (χ1n) is 7.44. The number of benzene rings is 1. The van der Waals surface area contributed by atoms with E-state index in [-0.39, 0.29) is 18.0 Å². The zero-order valence-corrected chi connectivity index (χ0v) is 14.7. The zero-order valence-electron chi connectivity index (χ0n) is 13.1. The molecule has 9 heteroatoms. The van der Waals surface area contributed by atoms with Gasteiger partial charge in [-0.25, -0.2) is 22.2 Å². The molecule has 5 nitrogen and oxygen atoms in total. The molecule has 0 bridgehead atoms. The Morgan fingerprint density at radius 2 is 1.75 bits per heavy atom. The highest BCUT2D eigenvalue weighted by molar-refractivity contribution is 7.89. The second-order valence-electron chi connectivity index (χ2n) is 5.64. The summed E-state index contributed by atoms with van der Waals surface area (Å²) in [5.41, 5.74) is 0.973. The molecule has 1 saturated heterocycles. The fraction of sp³-hybridized carbons (Fsp3) is 0.400. The lowest BCUT2D eigenvalue weighted by Gasteiger charge is -2.33. The Hall–Kier alpha value is -1.42. The van der Waals surface area contributed by atoms with E-state index in [1.807, 2.05) is 12.3 Å². The molecule has 0 spiro atoms. The van der Waals surface area contributed by atoms with Crippen molar-refractivity contribution in [2.45, 2.75) is 18.4 Å². The summed E-state index contributed by atoms with van der Waals surface area (Å²) in [6.07, 6.45) is 0. The summed E-state index contributed by atoms with van der Waals surface area (Å²) < 4.78 is 52.9. The first kappa shape index (κ1) is 17.4. The lowest BCUT2D eigenvalue weighted by molar-refractivity contribution is 0.180. The average molecular weight is 373 g/mol. The Kier molecular flexibility index (Phi) is 4.95. The van der Waals surface area contributed by atoms with Gasteiger partial charge in [0.25, 0.3) is 0 Å². The van der Waals surface area contributed by atoms with Gasteiger partial charge in [-0.2, -0.15) is 4.31 Å². The molecule has 0 N–H and O–H groups in total. The molecule has 0 unspecified atom stereocenters. The normalized spacial score (nSPS) is 17.3. The molecular weight excluding hydrogens is 356 g/mol. The second kappa shape index (κ2) is 6.83. The SMILES string of the molecule is Cc1nc(CN2CCN(S(=O)(=O)c3cc(F)cc(F)c3)CC2)cs1. The number of rotatable bonds is 4. The number of thiazole rings is 1. The number of aromatic nitrogens is 1. The summed E-state index contributed by atoms with van der Waals surface area (Å²) in [6, 6.07) is 2.36. The van der Waals surface area contributed by atoms with Crippen LogP contribution in [0.15, 0.2) is 28.5 Å². The summed E-state index contributed by atoms with van der Waals surface area (Å²) >= 11 is 1.58. The van der Waals surface area contributed by atoms with Gasteiger partial charge in [0.2, 0.25) is 10.0 Å². The van der Waals surface area contributed by atoms with Crippen molar-refractivity contribution in [3.05, 3.63) is 45.9 Å². The predicted octanol–water partition coefficient (Wildman–Crippen LogP) is 2.24. The molecule has 130 valence electrons. The number of hydrogen-bond acceptors (Lipinski definition) is 5. The molecule has 0 amide bonds. The Morgan fingerprint density at radius 3 is 2.29 bits per heavy atom. The summed E-state index contributed by atoms with van der Waals surface area (Å²) in [5.74, 6) is -1.79. The molecule has 2 aromatic rings. The molecule has 3 rings (SSSR count). The van der Waals surface area contributed by atoms with Crippen LogP contribution >= 0.6 is 11.3 Å². The minimum Gasteiger partial charge on any atom is -0.295 e. The van der Waals surface area contributed by atoms with Gasteiger partial charge in [-0.1, -0.05) is 0 Å². The topological polar surface area (TPSA) is 53.5 Å². The highest BCUT2D eigenvalue weighted by Crippen LogP contribution is 2.20. The first-order valence-corrected chi connectivity index (χ1v) is 9.76. The smallest absolute Gasteiger partial charge is 0.243 e. The minimum atomic E-state index is -3.89. The number of hydrogen-bond donors (Lipinski definition) is 0. The van der Waals surface area contributed by atoms with Gasteiger partial charge in [0.05, 0.1) is 15.6 Å². The van der Waals surface area contributed by atoms with Crippen LogP contribution in [0.4, 0.5) is 8.78 Å². The van der Waals surface area contributed by atoms with E-state index < -0.39 is 21.7 Å². The maximum Gasteiger partial charge on any atom is 0.243 e. The number of piperazine rings is 1. The fourth-order valence-electron chi connectivity index (χ4n) is 2.66. The number of aryl methyl sites for hydroxylation is 1. The van der Waals surface area contributed by atoms with Crippen LogP contribution in [0.3, 0.4) is 0 Å². The monoisotopic (exact) mass is 373 g/mol. The molecule has 1 aliphatic rings. The van der Waals surface area contributed by atoms with E-state index in [0.29, 0.717) is 25.7 Å². The van der Waals surface area contributed by atoms with Crippen molar-refractivity contribution in [1.82, 2.24) is 14.2 Å². The van der Waals surface area contributed by atoms with Crippen molar-refractivity contribution in [3.8, 4) is 0 Å². The van der Waals surface area contributed by atoms with Crippen molar-refractivity contribution in [1.29, 1.82) is 0 Å². The Bertz CT molecular complexity index is 811. The highest BCUT2D eigenvalue weighted by atomic mass is 32.2. The number of sulfonamides is 1. The maximum absolute atomic E-state index is 13.3. The zero-order chi connectivity index (χ0) is 17.3. The highest BCUT2D eigenvalue weighted by Gasteiger charge is 2.29. The molecule has 24 heavy (non-hydrogen) atoms. The Balaban J connectivity index is 1.67. The van der Waals surface area contributed by atoms with E-state index in [2.05, 4.69) is 9.88 Å². The van der Waals surface area contributed by atoms with Crippen LogP contribution in [0.2, 0.25) is 0 Å². The molecule has 1 aromatic heterocycles. The summed E-state index contributed by atoms with van der Waals surface area (Å²) in [4.78, 5) is 6.18. The van der Waals surface area contributed by atoms with E-state index >= 15 is 0 Å². The van der Waals surface area contributed by atoms with Crippen LogP contribution in [0.25, 0.3) is 0 Å². The van der Waals surface area contributed by atoms with E-state index in [0.717, 1.165) is 22.8 Å². The summed E-state index contributed by atoms with van der Waals surface area (Å²) in [5, 5.41) is 2.99. The molecule has 1 aliphatic heterocycles. The average Bonchev–Trinajstić information content (AvgIpc) is 2.92. The van der Waals surface area contributed by atoms with E-state index in [1.165, 1.54) is 4.31 Å². The van der Waals surface area contributed by atoms with Crippen LogP contribution in [0, 0.1) is 18.6 Å². The van der Waals surface area contributed by atoms with Gasteiger partial charge in [-0.3, -0.25) is 4.90 Å². The number of nitrogens with zero attached hydrogens (tertiary/aromatic N) is 3. The third-order valence-corrected chi connectivity index (χ3v) is 6.56. The standard InChI is InChI=1S/C15H17F2N3O2S2/c1-11-18-14(10-23-11)9-19-2-4-20(5-3-19)24(21,22)15-7-12(16)6-13(17)8-15/h6-8,10H,2-5,9H2,1H3. The second-order valence-corrected chi connectivity index (χ2v) is 8.64. The van der Waals surface area contributed by atoms with Gasteiger partial charge in [0, 0.05) is 44.2 Å². The van der Waals surface area contributed by atoms with Crippen molar-refractivity contribution in [2.24, 2.45) is 0 Å². The van der Waals surface area contributed by atoms with Crippen molar-refractivity contribution >= 4 is 21.4 Å². The number of halogens is 2. The molecule has 1 fully saturated rings. The van der Waals surface area contributed by atoms with Gasteiger partial charge in [-0.15, -0.1) is 11.3 Å². The van der Waals surface area contributed by atoms with Crippen LogP contribution in [0.1, 0.15) is 10.7 Å². The molecule has 1 aromatic carbocycles.